The number of hydrogen-bond acceptors (Lipinski definition) is 12. The number of nitrogens with zero attached hydrogens (tertiary/aromatic N) is 3. The molecule has 3 heterocycles. The quantitative estimate of drug-likeness (QED) is 0.275. The number of carbonyl (C=O) groups excluding carboxylic acids is 2. The average Bonchev–Trinajstić information content (AvgIpc) is 3.78. The van der Waals surface area contributed by atoms with Gasteiger partial charge in [0, 0.05) is 45.8 Å². The Morgan fingerprint density at radius 1 is 0.771 bits per heavy atom. The highest BCUT2D eigenvalue weighted by molar-refractivity contribution is 5.69. The molecule has 0 aromatic carbocycles. The van der Waals surface area contributed by atoms with Gasteiger partial charge < -0.3 is 54.1 Å². The maximum absolute atomic E-state index is 12.2. The molecule has 0 radical (unpaired) electrons. The highest BCUT2D eigenvalue weighted by Gasteiger charge is 2.34. The first-order valence-electron chi connectivity index (χ1n) is 17.1. The molecule has 0 aliphatic carbocycles. The lowest BCUT2D eigenvalue weighted by Crippen LogP contribution is -2.58. The lowest BCUT2D eigenvalue weighted by Gasteiger charge is -2.41. The van der Waals surface area contributed by atoms with Crippen LogP contribution in [0.15, 0.2) is 0 Å². The van der Waals surface area contributed by atoms with E-state index >= 15 is 0 Å². The van der Waals surface area contributed by atoms with Gasteiger partial charge in [-0.2, -0.15) is 0 Å². The van der Waals surface area contributed by atoms with Gasteiger partial charge in [-0.1, -0.05) is 0 Å². The van der Waals surface area contributed by atoms with Gasteiger partial charge in [-0.05, 0) is 83.1 Å². The minimum atomic E-state index is -0.600. The van der Waals surface area contributed by atoms with Crippen molar-refractivity contribution in [2.45, 2.75) is 130 Å². The summed E-state index contributed by atoms with van der Waals surface area (Å²) in [6.07, 6.45) is -0.957. The Labute approximate surface area is 289 Å². The molecule has 4 atom stereocenters. The zero-order valence-corrected chi connectivity index (χ0v) is 31.8. The minimum absolute atomic E-state index is 0.00799. The number of β-amino-alcohol motifs (C(OH)–C–C–N with tert-alkyl or cyclic N) is 1. The number of piperazine rings is 2. The zero-order chi connectivity index (χ0) is 36.9. The van der Waals surface area contributed by atoms with E-state index in [1.54, 1.807) is 9.80 Å². The van der Waals surface area contributed by atoms with Gasteiger partial charge in [-0.25, -0.2) is 9.59 Å². The van der Waals surface area contributed by atoms with E-state index in [0.29, 0.717) is 45.4 Å². The Kier molecular flexibility index (Phi) is 18.0. The number of carbonyl (C=O) groups is 2. The van der Waals surface area contributed by atoms with Crippen molar-refractivity contribution in [3.05, 3.63) is 0 Å². The van der Waals surface area contributed by atoms with E-state index < -0.39 is 23.4 Å². The van der Waals surface area contributed by atoms with Gasteiger partial charge in [0.2, 0.25) is 0 Å². The second kappa shape index (κ2) is 19.6. The van der Waals surface area contributed by atoms with Crippen LogP contribution >= 0.6 is 0 Å². The first-order chi connectivity index (χ1) is 21.9. The number of amides is 2. The SMILES string of the molecule is CC(C)(C)OC(=O)N1CCNC[C@H]1CO.CC(C)(C)OCC(O)CN1CCN(C(=O)OC(C)(C)C)[C@H](CO)C1.CC(C)(C)OCC1CO1. The molecule has 4 N–H and O–H groups in total. The number of ether oxygens (including phenoxy) is 5. The molecule has 3 aliphatic heterocycles. The van der Waals surface area contributed by atoms with Crippen molar-refractivity contribution in [1.29, 1.82) is 0 Å². The summed E-state index contributed by atoms with van der Waals surface area (Å²) < 4.78 is 26.6. The van der Waals surface area contributed by atoms with Crippen LogP contribution in [0.1, 0.15) is 83.1 Å². The minimum Gasteiger partial charge on any atom is -0.444 e. The third kappa shape index (κ3) is 20.7. The van der Waals surface area contributed by atoms with Crippen LogP contribution in [0, 0.1) is 0 Å². The van der Waals surface area contributed by atoms with Crippen molar-refractivity contribution >= 4 is 12.2 Å². The van der Waals surface area contributed by atoms with Crippen LogP contribution in [0.4, 0.5) is 9.59 Å². The Morgan fingerprint density at radius 3 is 1.71 bits per heavy atom. The summed E-state index contributed by atoms with van der Waals surface area (Å²) in [5.41, 5.74) is -1.34. The molecule has 3 rings (SSSR count). The van der Waals surface area contributed by atoms with E-state index in [-0.39, 0.29) is 49.2 Å². The number of epoxide rings is 1. The van der Waals surface area contributed by atoms with E-state index in [4.69, 9.17) is 28.8 Å². The zero-order valence-electron chi connectivity index (χ0n) is 31.8. The molecule has 14 heteroatoms. The van der Waals surface area contributed by atoms with Crippen molar-refractivity contribution in [3.8, 4) is 0 Å². The molecule has 284 valence electrons. The van der Waals surface area contributed by atoms with Crippen LogP contribution in [-0.2, 0) is 23.7 Å². The molecule has 0 bridgehead atoms. The van der Waals surface area contributed by atoms with Crippen LogP contribution in [0.25, 0.3) is 0 Å². The third-order valence-corrected chi connectivity index (χ3v) is 6.88. The molecule has 3 saturated heterocycles. The smallest absolute Gasteiger partial charge is 0.410 e. The molecule has 3 fully saturated rings. The molecule has 0 spiro atoms. The molecule has 48 heavy (non-hydrogen) atoms. The van der Waals surface area contributed by atoms with Crippen molar-refractivity contribution in [3.63, 3.8) is 0 Å². The van der Waals surface area contributed by atoms with Gasteiger partial charge in [0.25, 0.3) is 0 Å². The lowest BCUT2D eigenvalue weighted by atomic mass is 10.1. The Balaban J connectivity index is 0.000000404. The van der Waals surface area contributed by atoms with Gasteiger partial charge in [0.15, 0.2) is 0 Å². The summed E-state index contributed by atoms with van der Waals surface area (Å²) in [6, 6.07) is -0.502. The normalized spacial score (nSPS) is 22.9. The maximum Gasteiger partial charge on any atom is 0.410 e. The molecular formula is C34H68N4O10. The highest BCUT2D eigenvalue weighted by atomic mass is 16.6. The van der Waals surface area contributed by atoms with E-state index in [1.807, 2.05) is 67.2 Å². The van der Waals surface area contributed by atoms with Gasteiger partial charge in [-0.3, -0.25) is 4.90 Å². The Morgan fingerprint density at radius 2 is 1.27 bits per heavy atom. The fraction of sp³-hybridized carbons (Fsp3) is 0.941. The predicted molar refractivity (Wildman–Crippen MR) is 184 cm³/mol. The summed E-state index contributed by atoms with van der Waals surface area (Å²) in [5.74, 6) is 0. The van der Waals surface area contributed by atoms with Gasteiger partial charge >= 0.3 is 12.2 Å². The molecule has 2 unspecified atom stereocenters. The topological polar surface area (TPSA) is 166 Å². The summed E-state index contributed by atoms with van der Waals surface area (Å²) >= 11 is 0. The Hall–Kier alpha value is -1.78. The molecule has 14 nitrogen and oxygen atoms in total. The third-order valence-electron chi connectivity index (χ3n) is 6.88. The Bertz CT molecular complexity index is 938. The van der Waals surface area contributed by atoms with Crippen LogP contribution in [-0.4, -0.2) is 168 Å². The van der Waals surface area contributed by atoms with Crippen molar-refractivity contribution in [2.24, 2.45) is 0 Å². The van der Waals surface area contributed by atoms with Crippen LogP contribution < -0.4 is 5.32 Å². The largest absolute Gasteiger partial charge is 0.444 e. The van der Waals surface area contributed by atoms with E-state index in [2.05, 4.69) is 26.1 Å². The average molecular weight is 693 g/mol. The predicted octanol–water partition coefficient (Wildman–Crippen LogP) is 2.46. The molecule has 3 aliphatic rings. The molecule has 0 saturated carbocycles. The van der Waals surface area contributed by atoms with Crippen molar-refractivity contribution < 1.29 is 48.6 Å². The number of aliphatic hydroxyl groups is 3. The number of nitrogens with one attached hydrogen (secondary N) is 1. The highest BCUT2D eigenvalue weighted by Crippen LogP contribution is 2.17. The fourth-order valence-corrected chi connectivity index (χ4v) is 4.49. The summed E-state index contributed by atoms with van der Waals surface area (Å²) in [5, 5.41) is 32.0. The second-order valence-electron chi connectivity index (χ2n) is 16.4. The standard InChI is InChI=1S/C17H34N2O5.C10H20N2O3.C7H14O2/c1-16(2,3)23-12-14(21)10-18-7-8-19(13(9-18)11-20)15(22)24-17(4,5)6;1-10(2,3)15-9(14)12-5-4-11-6-8(12)7-13;1-7(2,3)9-5-6-4-8-6/h13-14,20-21H,7-12H2,1-6H3;8,11,13H,4-7H2,1-3H3;6H,4-5H2,1-3H3/t13-,14?;8-;/m00./s1. The van der Waals surface area contributed by atoms with Crippen LogP contribution in [0.3, 0.4) is 0 Å². The number of hydrogen-bond donors (Lipinski definition) is 4. The number of aliphatic hydroxyl groups excluding tert-OH is 3. The summed E-state index contributed by atoms with van der Waals surface area (Å²) in [4.78, 5) is 29.2. The molecule has 0 aromatic heterocycles. The van der Waals surface area contributed by atoms with Crippen LogP contribution in [0.2, 0.25) is 0 Å². The second-order valence-corrected chi connectivity index (χ2v) is 16.4. The molecule has 2 amide bonds. The van der Waals surface area contributed by atoms with E-state index in [1.165, 1.54) is 0 Å². The van der Waals surface area contributed by atoms with Crippen LogP contribution in [0.5, 0.6) is 0 Å². The number of rotatable bonds is 8. The summed E-state index contributed by atoms with van der Waals surface area (Å²) in [6.45, 7) is 28.7. The molecular weight excluding hydrogens is 624 g/mol. The van der Waals surface area contributed by atoms with E-state index in [0.717, 1.165) is 19.8 Å². The van der Waals surface area contributed by atoms with Crippen molar-refractivity contribution in [2.75, 3.05) is 78.8 Å². The van der Waals surface area contributed by atoms with Gasteiger partial charge in [-0.15, -0.1) is 0 Å². The lowest BCUT2D eigenvalue weighted by molar-refractivity contribution is -0.0636. The first kappa shape index (κ1) is 44.2. The maximum atomic E-state index is 12.2. The van der Waals surface area contributed by atoms with Gasteiger partial charge in [0.1, 0.15) is 17.3 Å². The van der Waals surface area contributed by atoms with Crippen molar-refractivity contribution in [1.82, 2.24) is 20.0 Å². The first-order valence-corrected chi connectivity index (χ1v) is 17.1. The summed E-state index contributed by atoms with van der Waals surface area (Å²) in [7, 11) is 0. The van der Waals surface area contributed by atoms with E-state index in [9.17, 15) is 19.8 Å². The fourth-order valence-electron chi connectivity index (χ4n) is 4.49. The monoisotopic (exact) mass is 692 g/mol. The van der Waals surface area contributed by atoms with Gasteiger partial charge in [0.05, 0.1) is 62.4 Å². The molecule has 0 aromatic rings.